The second-order valence-electron chi connectivity index (χ2n) is 6.16. The molecule has 2 heterocycles. The number of aromatic nitrogens is 3. The fourth-order valence-electron chi connectivity index (χ4n) is 2.65. The van der Waals surface area contributed by atoms with E-state index in [0.29, 0.717) is 18.3 Å². The molecule has 0 radical (unpaired) electrons. The number of amides is 1. The first-order valence-corrected chi connectivity index (χ1v) is 8.47. The monoisotopic (exact) mass is 353 g/mol. The van der Waals surface area contributed by atoms with Crippen LogP contribution in [0.25, 0.3) is 10.9 Å². The number of fused-ring (bicyclic) bond motifs is 1. The van der Waals surface area contributed by atoms with Crippen LogP contribution in [-0.2, 0) is 7.05 Å². The smallest absolute Gasteiger partial charge is 0.254 e. The molecule has 1 amide bonds. The predicted molar refractivity (Wildman–Crippen MR) is 104 cm³/mol. The van der Waals surface area contributed by atoms with Gasteiger partial charge in [0.1, 0.15) is 11.4 Å². The van der Waals surface area contributed by atoms with E-state index in [9.17, 15) is 4.79 Å². The van der Waals surface area contributed by atoms with Crippen LogP contribution in [0, 0.1) is 0 Å². The normalized spacial score (nSPS) is 12.1. The average molecular weight is 353 g/mol. The van der Waals surface area contributed by atoms with Crippen molar-refractivity contribution in [1.29, 1.82) is 0 Å². The van der Waals surface area contributed by atoms with Crippen LogP contribution in [0.2, 0.25) is 0 Å². The minimum absolute atomic E-state index is 0.00360. The highest BCUT2D eigenvalue weighted by atomic mass is 16.1. The molecule has 1 atom stereocenters. The minimum Gasteiger partial charge on any atom is -0.365 e. The third-order valence-corrected chi connectivity index (χ3v) is 4.28. The molecule has 0 aliphatic rings. The fourth-order valence-corrected chi connectivity index (χ4v) is 2.65. The standard InChI is InChI=1S/C18H23N7O/c1-3-11(19)9-21-18-22-10-13(16(20)26)17(24-18)23-14-5-4-6-15-12(14)7-8-25(15)2/h4-8,10-11H,3,9,19H2,1-2H3,(H2,20,26)(H2,21,22,23,24). The van der Waals surface area contributed by atoms with Crippen LogP contribution in [-0.4, -0.2) is 33.0 Å². The average Bonchev–Trinajstić information content (AvgIpc) is 3.02. The van der Waals surface area contributed by atoms with E-state index >= 15 is 0 Å². The Morgan fingerprint density at radius 3 is 2.88 bits per heavy atom. The highest BCUT2D eigenvalue weighted by Crippen LogP contribution is 2.27. The molecule has 0 fully saturated rings. The number of nitrogens with zero attached hydrogens (tertiary/aromatic N) is 3. The maximum absolute atomic E-state index is 11.8. The van der Waals surface area contributed by atoms with Gasteiger partial charge >= 0.3 is 0 Å². The molecule has 3 rings (SSSR count). The summed E-state index contributed by atoms with van der Waals surface area (Å²) in [5.41, 5.74) is 13.5. The van der Waals surface area contributed by atoms with Gasteiger partial charge in [-0.3, -0.25) is 4.79 Å². The Morgan fingerprint density at radius 1 is 1.35 bits per heavy atom. The van der Waals surface area contributed by atoms with Gasteiger partial charge in [-0.1, -0.05) is 13.0 Å². The Balaban J connectivity index is 1.94. The molecule has 3 aromatic rings. The van der Waals surface area contributed by atoms with Crippen molar-refractivity contribution in [1.82, 2.24) is 14.5 Å². The largest absolute Gasteiger partial charge is 0.365 e. The molecule has 2 aromatic heterocycles. The van der Waals surface area contributed by atoms with E-state index in [0.717, 1.165) is 23.0 Å². The summed E-state index contributed by atoms with van der Waals surface area (Å²) < 4.78 is 2.02. The quantitative estimate of drug-likeness (QED) is 0.515. The molecule has 0 aliphatic heterocycles. The Morgan fingerprint density at radius 2 is 2.15 bits per heavy atom. The van der Waals surface area contributed by atoms with Crippen LogP contribution < -0.4 is 22.1 Å². The van der Waals surface area contributed by atoms with E-state index in [1.807, 2.05) is 49.0 Å². The third kappa shape index (κ3) is 3.60. The van der Waals surface area contributed by atoms with Gasteiger partial charge in [-0.05, 0) is 24.6 Å². The second kappa shape index (κ2) is 7.40. The number of nitrogens with one attached hydrogen (secondary N) is 2. The number of primary amides is 1. The van der Waals surface area contributed by atoms with Crippen molar-refractivity contribution < 1.29 is 4.79 Å². The lowest BCUT2D eigenvalue weighted by Gasteiger charge is -2.14. The molecular weight excluding hydrogens is 330 g/mol. The predicted octanol–water partition coefficient (Wildman–Crippen LogP) is 1.96. The number of carbonyl (C=O) groups is 1. The Kier molecular flexibility index (Phi) is 5.04. The van der Waals surface area contributed by atoms with Gasteiger partial charge in [0, 0.05) is 48.6 Å². The lowest BCUT2D eigenvalue weighted by Crippen LogP contribution is -2.28. The summed E-state index contributed by atoms with van der Waals surface area (Å²) in [5, 5.41) is 7.32. The van der Waals surface area contributed by atoms with Gasteiger partial charge in [-0.25, -0.2) is 4.98 Å². The van der Waals surface area contributed by atoms with Gasteiger partial charge in [0.15, 0.2) is 0 Å². The van der Waals surface area contributed by atoms with Crippen molar-refractivity contribution in [2.75, 3.05) is 17.2 Å². The summed E-state index contributed by atoms with van der Waals surface area (Å²) in [6.07, 6.45) is 4.24. The summed E-state index contributed by atoms with van der Waals surface area (Å²) in [6.45, 7) is 2.55. The number of hydrogen-bond acceptors (Lipinski definition) is 6. The van der Waals surface area contributed by atoms with E-state index in [2.05, 4.69) is 20.6 Å². The fraction of sp³-hybridized carbons (Fsp3) is 0.278. The van der Waals surface area contributed by atoms with E-state index in [4.69, 9.17) is 11.5 Å². The molecule has 0 spiro atoms. The first-order chi connectivity index (χ1) is 12.5. The molecule has 1 unspecified atom stereocenters. The molecule has 0 bridgehead atoms. The number of aryl methyl sites for hydroxylation is 1. The zero-order chi connectivity index (χ0) is 18.7. The Bertz CT molecular complexity index is 934. The van der Waals surface area contributed by atoms with Gasteiger partial charge < -0.3 is 26.7 Å². The molecule has 1 aromatic carbocycles. The number of anilines is 3. The van der Waals surface area contributed by atoms with Gasteiger partial charge in [0.2, 0.25) is 5.95 Å². The van der Waals surface area contributed by atoms with Gasteiger partial charge in [-0.2, -0.15) is 4.98 Å². The molecule has 0 saturated heterocycles. The first kappa shape index (κ1) is 17.7. The lowest BCUT2D eigenvalue weighted by molar-refractivity contribution is 0.100. The molecular formula is C18H23N7O. The van der Waals surface area contributed by atoms with Crippen molar-refractivity contribution in [3.8, 4) is 0 Å². The van der Waals surface area contributed by atoms with Crippen LogP contribution in [0.15, 0.2) is 36.7 Å². The van der Waals surface area contributed by atoms with E-state index in [-0.39, 0.29) is 11.6 Å². The van der Waals surface area contributed by atoms with Crippen molar-refractivity contribution in [3.63, 3.8) is 0 Å². The zero-order valence-electron chi connectivity index (χ0n) is 14.9. The second-order valence-corrected chi connectivity index (χ2v) is 6.16. The van der Waals surface area contributed by atoms with Gasteiger partial charge in [0.25, 0.3) is 5.91 Å². The van der Waals surface area contributed by atoms with Gasteiger partial charge in [0.05, 0.1) is 0 Å². The molecule has 136 valence electrons. The van der Waals surface area contributed by atoms with Crippen molar-refractivity contribution in [2.24, 2.45) is 18.5 Å². The third-order valence-electron chi connectivity index (χ3n) is 4.28. The van der Waals surface area contributed by atoms with Crippen LogP contribution in [0.1, 0.15) is 23.7 Å². The van der Waals surface area contributed by atoms with Crippen molar-refractivity contribution in [3.05, 3.63) is 42.2 Å². The van der Waals surface area contributed by atoms with Crippen molar-refractivity contribution in [2.45, 2.75) is 19.4 Å². The van der Waals surface area contributed by atoms with E-state index in [1.165, 1.54) is 6.20 Å². The van der Waals surface area contributed by atoms with Crippen LogP contribution in [0.4, 0.5) is 17.5 Å². The summed E-state index contributed by atoms with van der Waals surface area (Å²) in [7, 11) is 1.98. The highest BCUT2D eigenvalue weighted by Gasteiger charge is 2.14. The SMILES string of the molecule is CCC(N)CNc1ncc(C(N)=O)c(Nc2cccc3c2ccn3C)n1. The highest BCUT2D eigenvalue weighted by molar-refractivity contribution is 6.00. The summed E-state index contributed by atoms with van der Waals surface area (Å²) in [6, 6.07) is 7.89. The van der Waals surface area contributed by atoms with Gasteiger partial charge in [-0.15, -0.1) is 0 Å². The number of nitrogens with two attached hydrogens (primary N) is 2. The molecule has 8 nitrogen and oxygen atoms in total. The van der Waals surface area contributed by atoms with Crippen LogP contribution >= 0.6 is 0 Å². The molecule has 0 aliphatic carbocycles. The summed E-state index contributed by atoms with van der Waals surface area (Å²) in [4.78, 5) is 20.3. The first-order valence-electron chi connectivity index (χ1n) is 8.47. The molecule has 8 heteroatoms. The summed E-state index contributed by atoms with van der Waals surface area (Å²) >= 11 is 0. The number of rotatable bonds is 7. The minimum atomic E-state index is -0.593. The maximum atomic E-state index is 11.8. The van der Waals surface area contributed by atoms with E-state index in [1.54, 1.807) is 0 Å². The maximum Gasteiger partial charge on any atom is 0.254 e. The van der Waals surface area contributed by atoms with Crippen LogP contribution in [0.5, 0.6) is 0 Å². The molecule has 0 saturated carbocycles. The van der Waals surface area contributed by atoms with Crippen LogP contribution in [0.3, 0.4) is 0 Å². The van der Waals surface area contributed by atoms with Crippen molar-refractivity contribution >= 4 is 34.3 Å². The zero-order valence-corrected chi connectivity index (χ0v) is 14.9. The number of benzene rings is 1. The summed E-state index contributed by atoms with van der Waals surface area (Å²) in [5.74, 6) is 0.155. The Hall–Kier alpha value is -3.13. The number of hydrogen-bond donors (Lipinski definition) is 4. The molecule has 6 N–H and O–H groups in total. The van der Waals surface area contributed by atoms with E-state index < -0.39 is 5.91 Å². The lowest BCUT2D eigenvalue weighted by atomic mass is 10.2. The Labute approximate surface area is 151 Å². The molecule has 26 heavy (non-hydrogen) atoms. The number of carbonyl (C=O) groups excluding carboxylic acids is 1. The topological polar surface area (TPSA) is 124 Å².